The monoisotopic (exact) mass is 411 g/mol. The molecule has 1 N–H and O–H groups in total. The van der Waals surface area contributed by atoms with Gasteiger partial charge in [0.2, 0.25) is 5.88 Å². The molecular weight excluding hydrogens is 382 g/mol. The van der Waals surface area contributed by atoms with Crippen molar-refractivity contribution in [2.24, 2.45) is 5.92 Å². The number of methoxy groups -OCH3 is 1. The molecule has 0 spiro atoms. The van der Waals surface area contributed by atoms with E-state index in [0.717, 1.165) is 11.3 Å². The Morgan fingerprint density at radius 1 is 1.13 bits per heavy atom. The molecule has 0 aliphatic rings. The molecular formula is C23H29N3O4. The summed E-state index contributed by atoms with van der Waals surface area (Å²) in [7, 11) is 1.56. The Balaban J connectivity index is 0.00000155. The lowest BCUT2D eigenvalue weighted by atomic mass is 10.1. The van der Waals surface area contributed by atoms with Gasteiger partial charge in [0.15, 0.2) is 5.78 Å². The fourth-order valence-corrected chi connectivity index (χ4v) is 2.69. The zero-order valence-electron chi connectivity index (χ0n) is 18.1. The van der Waals surface area contributed by atoms with E-state index >= 15 is 0 Å². The zero-order chi connectivity index (χ0) is 22.1. The summed E-state index contributed by atoms with van der Waals surface area (Å²) >= 11 is 0. The number of imidazole rings is 1. The molecule has 0 radical (unpaired) electrons. The lowest BCUT2D eigenvalue weighted by molar-refractivity contribution is 0.0935. The van der Waals surface area contributed by atoms with Gasteiger partial charge in [-0.25, -0.2) is 9.97 Å². The minimum Gasteiger partial charge on any atom is -0.491 e. The quantitative estimate of drug-likeness (QED) is 0.560. The number of aliphatic hydroxyl groups is 1. The molecule has 30 heavy (non-hydrogen) atoms. The number of benzene rings is 1. The Hall–Kier alpha value is -3.19. The summed E-state index contributed by atoms with van der Waals surface area (Å²) in [5.41, 5.74) is 2.00. The summed E-state index contributed by atoms with van der Waals surface area (Å²) in [6.07, 6.45) is 3.41. The Morgan fingerprint density at radius 3 is 2.37 bits per heavy atom. The minimum atomic E-state index is -0.153. The van der Waals surface area contributed by atoms with Crippen LogP contribution in [0.4, 0.5) is 0 Å². The highest BCUT2D eigenvalue weighted by Gasteiger charge is 2.19. The molecule has 160 valence electrons. The molecule has 1 aromatic carbocycles. The first-order valence-electron chi connectivity index (χ1n) is 10.0. The number of pyridine rings is 1. The number of ether oxygens (including phenoxy) is 2. The Morgan fingerprint density at radius 2 is 1.83 bits per heavy atom. The van der Waals surface area contributed by atoms with E-state index in [1.54, 1.807) is 25.6 Å². The number of carbonyl (C=O) groups excluding carboxylic acids is 1. The maximum atomic E-state index is 12.5. The van der Waals surface area contributed by atoms with Gasteiger partial charge in [-0.2, -0.15) is 0 Å². The van der Waals surface area contributed by atoms with Crippen LogP contribution in [0.5, 0.6) is 11.6 Å². The predicted octanol–water partition coefficient (Wildman–Crippen LogP) is 4.18. The van der Waals surface area contributed by atoms with Crippen molar-refractivity contribution in [2.75, 3.05) is 20.3 Å². The Bertz CT molecular complexity index is 932. The fraction of sp³-hybridized carbons (Fsp3) is 0.348. The molecule has 0 bridgehead atoms. The van der Waals surface area contributed by atoms with Gasteiger partial charge in [0.05, 0.1) is 13.7 Å². The van der Waals surface area contributed by atoms with Gasteiger partial charge in [-0.15, -0.1) is 0 Å². The van der Waals surface area contributed by atoms with Crippen LogP contribution in [0.25, 0.3) is 17.1 Å². The highest BCUT2D eigenvalue weighted by atomic mass is 16.5. The second-order valence-corrected chi connectivity index (χ2v) is 6.49. The van der Waals surface area contributed by atoms with E-state index in [4.69, 9.17) is 14.6 Å². The molecule has 0 fully saturated rings. The molecule has 0 saturated carbocycles. The summed E-state index contributed by atoms with van der Waals surface area (Å²) in [5, 5.41) is 8.88. The third kappa shape index (κ3) is 5.45. The van der Waals surface area contributed by atoms with Crippen molar-refractivity contribution in [1.29, 1.82) is 0 Å². The second kappa shape index (κ2) is 11.1. The number of ketones is 1. The first kappa shape index (κ1) is 23.1. The van der Waals surface area contributed by atoms with Crippen LogP contribution in [0, 0.1) is 5.92 Å². The summed E-state index contributed by atoms with van der Waals surface area (Å²) in [4.78, 5) is 21.3. The smallest absolute Gasteiger partial charge is 0.212 e. The van der Waals surface area contributed by atoms with E-state index in [9.17, 15) is 4.79 Å². The largest absolute Gasteiger partial charge is 0.491 e. The number of rotatable bonds is 8. The predicted molar refractivity (Wildman–Crippen MR) is 116 cm³/mol. The van der Waals surface area contributed by atoms with Gasteiger partial charge in [-0.05, 0) is 30.3 Å². The SMILES string of the molecule is CC.COc1ccc(-c2nc(C(=O)C(C)C)cn2-c2ccc(OCCO)cc2)cn1. The van der Waals surface area contributed by atoms with Crippen LogP contribution in [-0.2, 0) is 0 Å². The molecule has 2 heterocycles. The van der Waals surface area contributed by atoms with Gasteiger partial charge in [-0.3, -0.25) is 9.36 Å². The molecule has 0 aliphatic carbocycles. The van der Waals surface area contributed by atoms with Gasteiger partial charge in [0, 0.05) is 35.6 Å². The number of hydrogen-bond acceptors (Lipinski definition) is 6. The highest BCUT2D eigenvalue weighted by Crippen LogP contribution is 2.26. The molecule has 0 saturated heterocycles. The van der Waals surface area contributed by atoms with Crippen molar-refractivity contribution in [3.63, 3.8) is 0 Å². The highest BCUT2D eigenvalue weighted by molar-refractivity contribution is 5.96. The third-order valence-corrected chi connectivity index (χ3v) is 4.16. The third-order valence-electron chi connectivity index (χ3n) is 4.16. The average molecular weight is 412 g/mol. The van der Waals surface area contributed by atoms with Crippen LogP contribution in [0.2, 0.25) is 0 Å². The van der Waals surface area contributed by atoms with Crippen molar-refractivity contribution < 1.29 is 19.4 Å². The number of aliphatic hydroxyl groups excluding tert-OH is 1. The lowest BCUT2D eigenvalue weighted by Gasteiger charge is -2.09. The van der Waals surface area contributed by atoms with Crippen molar-refractivity contribution in [2.45, 2.75) is 27.7 Å². The standard InChI is InChI=1S/C21H23N3O4.C2H6/c1-14(2)20(26)18-13-24(16-5-7-17(8-6-16)28-11-10-25)21(23-18)15-4-9-19(27-3)22-12-15;1-2/h4-9,12-14,25H,10-11H2,1-3H3;1-2H3. The number of Topliss-reactive ketones (excluding diaryl/α,β-unsaturated/α-hetero) is 1. The van der Waals surface area contributed by atoms with Crippen LogP contribution in [0.15, 0.2) is 48.8 Å². The summed E-state index contributed by atoms with van der Waals surface area (Å²) in [6.45, 7) is 7.89. The Labute approximate surface area is 177 Å². The molecule has 0 aliphatic heterocycles. The van der Waals surface area contributed by atoms with Crippen LogP contribution < -0.4 is 9.47 Å². The van der Waals surface area contributed by atoms with E-state index in [1.165, 1.54) is 0 Å². The van der Waals surface area contributed by atoms with Gasteiger partial charge < -0.3 is 14.6 Å². The number of hydrogen-bond donors (Lipinski definition) is 1. The first-order valence-corrected chi connectivity index (χ1v) is 10.0. The average Bonchev–Trinajstić information content (AvgIpc) is 3.24. The Kier molecular flexibility index (Phi) is 8.55. The number of nitrogens with zero attached hydrogens (tertiary/aromatic N) is 3. The van der Waals surface area contributed by atoms with Crippen LogP contribution >= 0.6 is 0 Å². The van der Waals surface area contributed by atoms with Crippen molar-refractivity contribution in [3.05, 3.63) is 54.5 Å². The summed E-state index contributed by atoms with van der Waals surface area (Å²) < 4.78 is 12.4. The van der Waals surface area contributed by atoms with Crippen LogP contribution in [0.1, 0.15) is 38.2 Å². The van der Waals surface area contributed by atoms with Crippen LogP contribution in [0.3, 0.4) is 0 Å². The van der Waals surface area contributed by atoms with Crippen LogP contribution in [-0.4, -0.2) is 45.7 Å². The number of carbonyl (C=O) groups is 1. The first-order chi connectivity index (χ1) is 14.5. The number of aromatic nitrogens is 3. The lowest BCUT2D eigenvalue weighted by Crippen LogP contribution is -2.07. The molecule has 3 rings (SSSR count). The van der Waals surface area contributed by atoms with E-state index in [0.29, 0.717) is 23.1 Å². The van der Waals surface area contributed by atoms with Crippen molar-refractivity contribution in [3.8, 4) is 28.7 Å². The zero-order valence-corrected chi connectivity index (χ0v) is 18.1. The summed E-state index contributed by atoms with van der Waals surface area (Å²) in [5.74, 6) is 1.60. The van der Waals surface area contributed by atoms with Gasteiger partial charge in [-0.1, -0.05) is 27.7 Å². The molecule has 2 aromatic heterocycles. The van der Waals surface area contributed by atoms with Gasteiger partial charge in [0.25, 0.3) is 0 Å². The molecule has 7 heteroatoms. The van der Waals surface area contributed by atoms with Gasteiger partial charge in [0.1, 0.15) is 23.9 Å². The van der Waals surface area contributed by atoms with E-state index in [2.05, 4.69) is 9.97 Å². The summed E-state index contributed by atoms with van der Waals surface area (Å²) in [6, 6.07) is 11.0. The molecule has 0 amide bonds. The topological polar surface area (TPSA) is 86.5 Å². The molecule has 7 nitrogen and oxygen atoms in total. The fourth-order valence-electron chi connectivity index (χ4n) is 2.69. The molecule has 0 atom stereocenters. The minimum absolute atomic E-state index is 0.0237. The molecule has 0 unspecified atom stereocenters. The maximum absolute atomic E-state index is 12.5. The van der Waals surface area contributed by atoms with E-state index in [-0.39, 0.29) is 24.9 Å². The van der Waals surface area contributed by atoms with Crippen molar-refractivity contribution in [1.82, 2.24) is 14.5 Å². The van der Waals surface area contributed by atoms with E-state index in [1.807, 2.05) is 62.6 Å². The maximum Gasteiger partial charge on any atom is 0.212 e. The van der Waals surface area contributed by atoms with Crippen molar-refractivity contribution >= 4 is 5.78 Å². The second-order valence-electron chi connectivity index (χ2n) is 6.49. The molecule has 3 aromatic rings. The van der Waals surface area contributed by atoms with Gasteiger partial charge >= 0.3 is 0 Å². The normalized spacial score (nSPS) is 10.4. The van der Waals surface area contributed by atoms with E-state index < -0.39 is 0 Å².